The molecule has 84 valence electrons. The van der Waals surface area contributed by atoms with E-state index in [0.29, 0.717) is 4.47 Å². The Morgan fingerprint density at radius 3 is 3.00 bits per heavy atom. The first kappa shape index (κ1) is 10.9. The van der Waals surface area contributed by atoms with Crippen LogP contribution in [0.4, 0.5) is 5.82 Å². The number of carbonyl (C=O) groups is 2. The quantitative estimate of drug-likeness (QED) is 0.753. The number of carboxylic acids is 1. The molecule has 0 fully saturated rings. The number of fused-ring (bicyclic) bond motifs is 1. The molecule has 7 heteroatoms. The van der Waals surface area contributed by atoms with E-state index in [0.717, 1.165) is 0 Å². The van der Waals surface area contributed by atoms with E-state index in [-0.39, 0.29) is 11.6 Å². The third kappa shape index (κ3) is 1.53. The van der Waals surface area contributed by atoms with Crippen molar-refractivity contribution in [3.05, 3.63) is 16.7 Å². The second-order valence-electron chi connectivity index (χ2n) is 3.39. The third-order valence-electron chi connectivity index (χ3n) is 2.21. The first-order chi connectivity index (χ1) is 7.43. The number of halogens is 1. The Kier molecular flexibility index (Phi) is 2.34. The molecule has 2 heterocycles. The van der Waals surface area contributed by atoms with Gasteiger partial charge in [-0.25, -0.2) is 9.78 Å². The molecule has 1 amide bonds. The first-order valence-corrected chi connectivity index (χ1v) is 5.12. The zero-order chi connectivity index (χ0) is 11.9. The number of hydrogen-bond acceptors (Lipinski definition) is 4. The van der Waals surface area contributed by atoms with Gasteiger partial charge in [0.2, 0.25) is 0 Å². The van der Waals surface area contributed by atoms with Gasteiger partial charge in [-0.15, -0.1) is 0 Å². The molecule has 1 aliphatic heterocycles. The molecule has 1 unspecified atom stereocenters. The number of anilines is 1. The zero-order valence-corrected chi connectivity index (χ0v) is 9.74. The summed E-state index contributed by atoms with van der Waals surface area (Å²) in [6, 6.07) is 1.54. The van der Waals surface area contributed by atoms with Crippen molar-refractivity contribution in [3.8, 4) is 5.75 Å². The van der Waals surface area contributed by atoms with Crippen molar-refractivity contribution >= 4 is 33.6 Å². The van der Waals surface area contributed by atoms with Gasteiger partial charge in [0.1, 0.15) is 0 Å². The summed E-state index contributed by atoms with van der Waals surface area (Å²) >= 11 is 3.18. The number of carbonyl (C=O) groups excluding carboxylic acids is 1. The van der Waals surface area contributed by atoms with Gasteiger partial charge in [0, 0.05) is 10.7 Å². The Morgan fingerprint density at radius 1 is 1.69 bits per heavy atom. The van der Waals surface area contributed by atoms with Gasteiger partial charge >= 0.3 is 5.97 Å². The summed E-state index contributed by atoms with van der Waals surface area (Å²) < 4.78 is 5.80. The van der Waals surface area contributed by atoms with Crippen molar-refractivity contribution in [1.82, 2.24) is 4.98 Å². The van der Waals surface area contributed by atoms with Gasteiger partial charge in [-0.05, 0) is 28.9 Å². The predicted molar refractivity (Wildman–Crippen MR) is 57.2 cm³/mol. The molecule has 2 rings (SSSR count). The summed E-state index contributed by atoms with van der Waals surface area (Å²) in [6.07, 6.45) is 1.48. The van der Waals surface area contributed by atoms with Crippen LogP contribution in [-0.2, 0) is 9.59 Å². The van der Waals surface area contributed by atoms with Crippen molar-refractivity contribution in [1.29, 1.82) is 0 Å². The van der Waals surface area contributed by atoms with E-state index in [1.54, 1.807) is 6.07 Å². The number of rotatable bonds is 1. The minimum absolute atomic E-state index is 0.215. The van der Waals surface area contributed by atoms with Gasteiger partial charge in [-0.1, -0.05) is 0 Å². The molecule has 0 aromatic carbocycles. The van der Waals surface area contributed by atoms with Gasteiger partial charge < -0.3 is 15.2 Å². The molecular formula is C9H7BrN2O4. The fourth-order valence-corrected chi connectivity index (χ4v) is 1.54. The van der Waals surface area contributed by atoms with Gasteiger partial charge in [-0.3, -0.25) is 4.79 Å². The fourth-order valence-electron chi connectivity index (χ4n) is 1.23. The third-order valence-corrected chi connectivity index (χ3v) is 2.64. The molecule has 0 aliphatic carbocycles. The molecule has 1 atom stereocenters. The summed E-state index contributed by atoms with van der Waals surface area (Å²) in [5.41, 5.74) is -1.92. The number of hydrogen-bond donors (Lipinski definition) is 2. The Balaban J connectivity index is 2.48. The summed E-state index contributed by atoms with van der Waals surface area (Å²) in [5.74, 6) is -1.66. The molecule has 6 nitrogen and oxygen atoms in total. The topological polar surface area (TPSA) is 88.5 Å². The average Bonchev–Trinajstić information content (AvgIpc) is 2.20. The van der Waals surface area contributed by atoms with Crippen molar-refractivity contribution in [2.45, 2.75) is 12.5 Å². The van der Waals surface area contributed by atoms with Gasteiger partial charge in [0.05, 0.1) is 0 Å². The Labute approximate surface area is 98.8 Å². The smallest absolute Gasteiger partial charge is 0.357 e. The lowest BCUT2D eigenvalue weighted by molar-refractivity contribution is -0.159. The van der Waals surface area contributed by atoms with Crippen molar-refractivity contribution < 1.29 is 19.4 Å². The highest BCUT2D eigenvalue weighted by Crippen LogP contribution is 2.33. The number of nitrogens with zero attached hydrogens (tertiary/aromatic N) is 1. The normalized spacial score (nSPS) is 23.0. The minimum atomic E-state index is -1.92. The molecule has 1 aliphatic rings. The first-order valence-electron chi connectivity index (χ1n) is 4.33. The van der Waals surface area contributed by atoms with E-state index >= 15 is 0 Å². The van der Waals surface area contributed by atoms with Crippen LogP contribution >= 0.6 is 15.9 Å². The SMILES string of the molecule is CC1(C(=O)O)Oc2cc(Br)cnc2NC1=O. The number of carboxylic acid groups (broad SMARTS) is 1. The van der Waals surface area contributed by atoms with Crippen LogP contribution in [0.2, 0.25) is 0 Å². The van der Waals surface area contributed by atoms with Gasteiger partial charge in [0.15, 0.2) is 11.6 Å². The number of nitrogens with one attached hydrogen (secondary N) is 1. The lowest BCUT2D eigenvalue weighted by Gasteiger charge is -2.30. The fraction of sp³-hybridized carbons (Fsp3) is 0.222. The van der Waals surface area contributed by atoms with E-state index in [1.807, 2.05) is 0 Å². The molecule has 0 radical (unpaired) electrons. The number of aliphatic carboxylic acids is 1. The average molecular weight is 287 g/mol. The summed E-state index contributed by atoms with van der Waals surface area (Å²) in [7, 11) is 0. The van der Waals surface area contributed by atoms with Gasteiger partial charge in [0.25, 0.3) is 11.5 Å². The highest BCUT2D eigenvalue weighted by atomic mass is 79.9. The Morgan fingerprint density at radius 2 is 2.38 bits per heavy atom. The molecule has 1 aromatic rings. The van der Waals surface area contributed by atoms with Crippen LogP contribution in [-0.4, -0.2) is 27.6 Å². The maximum Gasteiger partial charge on any atom is 0.357 e. The van der Waals surface area contributed by atoms with Gasteiger partial charge in [-0.2, -0.15) is 0 Å². The van der Waals surface area contributed by atoms with Crippen LogP contribution in [0.3, 0.4) is 0 Å². The maximum absolute atomic E-state index is 11.5. The molecule has 2 N–H and O–H groups in total. The van der Waals surface area contributed by atoms with Crippen LogP contribution in [0.15, 0.2) is 16.7 Å². The van der Waals surface area contributed by atoms with Crippen LogP contribution < -0.4 is 10.1 Å². The van der Waals surface area contributed by atoms with Crippen LogP contribution in [0, 0.1) is 0 Å². The Bertz CT molecular complexity index is 490. The van der Waals surface area contributed by atoms with E-state index in [9.17, 15) is 9.59 Å². The second-order valence-corrected chi connectivity index (χ2v) is 4.31. The van der Waals surface area contributed by atoms with Crippen LogP contribution in [0.25, 0.3) is 0 Å². The molecular weight excluding hydrogens is 280 g/mol. The number of pyridine rings is 1. The second kappa shape index (κ2) is 3.44. The molecule has 0 bridgehead atoms. The van der Waals surface area contributed by atoms with E-state index in [1.165, 1.54) is 13.1 Å². The Hall–Kier alpha value is -1.63. The number of aromatic nitrogens is 1. The molecule has 0 spiro atoms. The lowest BCUT2D eigenvalue weighted by Crippen LogP contribution is -2.54. The van der Waals surface area contributed by atoms with Crippen LogP contribution in [0.5, 0.6) is 5.75 Å². The maximum atomic E-state index is 11.5. The van der Waals surface area contributed by atoms with E-state index in [4.69, 9.17) is 9.84 Å². The molecule has 1 aromatic heterocycles. The molecule has 16 heavy (non-hydrogen) atoms. The monoisotopic (exact) mass is 286 g/mol. The summed E-state index contributed by atoms with van der Waals surface area (Å²) in [6.45, 7) is 1.19. The summed E-state index contributed by atoms with van der Waals surface area (Å²) in [5, 5.41) is 11.3. The van der Waals surface area contributed by atoms with Crippen LogP contribution in [0.1, 0.15) is 6.92 Å². The van der Waals surface area contributed by atoms with Crippen molar-refractivity contribution in [2.75, 3.05) is 5.32 Å². The number of amides is 1. The van der Waals surface area contributed by atoms with E-state index in [2.05, 4.69) is 26.2 Å². The number of ether oxygens (including phenoxy) is 1. The van der Waals surface area contributed by atoms with Crippen molar-refractivity contribution in [3.63, 3.8) is 0 Å². The highest BCUT2D eigenvalue weighted by molar-refractivity contribution is 9.10. The summed E-state index contributed by atoms with van der Waals surface area (Å²) in [4.78, 5) is 26.4. The molecule has 0 saturated heterocycles. The van der Waals surface area contributed by atoms with Crippen molar-refractivity contribution in [2.24, 2.45) is 0 Å². The predicted octanol–water partition coefficient (Wildman–Crippen LogP) is 1.02. The largest absolute Gasteiger partial charge is 0.478 e. The standard InChI is InChI=1S/C9H7BrN2O4/c1-9(8(14)15)7(13)12-6-5(16-9)2-4(10)3-11-6/h2-3H,1H3,(H,14,15)(H,11,12,13). The highest BCUT2D eigenvalue weighted by Gasteiger charge is 2.48. The minimum Gasteiger partial charge on any atom is -0.478 e. The lowest BCUT2D eigenvalue weighted by atomic mass is 10.0. The zero-order valence-electron chi connectivity index (χ0n) is 8.15. The van der Waals surface area contributed by atoms with E-state index < -0.39 is 17.5 Å². The molecule has 0 saturated carbocycles.